The summed E-state index contributed by atoms with van der Waals surface area (Å²) >= 11 is 0. The third-order valence-corrected chi connectivity index (χ3v) is 3.72. The van der Waals surface area contributed by atoms with Crippen LogP contribution in [0.1, 0.15) is 11.1 Å². The predicted molar refractivity (Wildman–Crippen MR) is 94.9 cm³/mol. The van der Waals surface area contributed by atoms with E-state index in [1.54, 1.807) is 7.11 Å². The number of methoxy groups -OCH3 is 1. The Morgan fingerprint density at radius 2 is 2.08 bits per heavy atom. The first-order valence-corrected chi connectivity index (χ1v) is 7.78. The molecule has 3 N–H and O–H groups in total. The summed E-state index contributed by atoms with van der Waals surface area (Å²) in [6.45, 7) is 1.02. The maximum atomic E-state index is 12.3. The summed E-state index contributed by atoms with van der Waals surface area (Å²) in [6, 6.07) is 7.81. The molecule has 2 aromatic heterocycles. The second-order valence-electron chi connectivity index (χ2n) is 5.47. The van der Waals surface area contributed by atoms with Gasteiger partial charge in [-0.2, -0.15) is 9.97 Å². The van der Waals surface area contributed by atoms with Gasteiger partial charge in [0.25, 0.3) is 0 Å². The number of nitrogen functional groups attached to an aromatic ring is 1. The first kappa shape index (κ1) is 17.0. The van der Waals surface area contributed by atoms with Gasteiger partial charge in [0.15, 0.2) is 11.5 Å². The topological polar surface area (TPSA) is 108 Å². The lowest BCUT2D eigenvalue weighted by molar-refractivity contribution is 0.141. The Labute approximate surface area is 145 Å². The van der Waals surface area contributed by atoms with Gasteiger partial charge in [-0.3, -0.25) is 4.57 Å². The smallest absolute Gasteiger partial charge is 0.328 e. The number of hydrogen-bond acceptors (Lipinski definition) is 6. The molecule has 3 rings (SSSR count). The molecule has 0 amide bonds. The fourth-order valence-electron chi connectivity index (χ4n) is 2.50. The van der Waals surface area contributed by atoms with Gasteiger partial charge < -0.3 is 20.2 Å². The molecule has 0 saturated heterocycles. The maximum absolute atomic E-state index is 12.3. The van der Waals surface area contributed by atoms with E-state index in [0.29, 0.717) is 30.6 Å². The van der Waals surface area contributed by atoms with Gasteiger partial charge in [0.1, 0.15) is 12.1 Å². The predicted octanol–water partition coefficient (Wildman–Crippen LogP) is 0.444. The van der Waals surface area contributed by atoms with Crippen LogP contribution in [0.2, 0.25) is 0 Å². The second kappa shape index (κ2) is 7.39. The van der Waals surface area contributed by atoms with Crippen LogP contribution in [0.4, 0.5) is 5.82 Å². The highest BCUT2D eigenvalue weighted by molar-refractivity contribution is 6.08. The molecule has 0 unspecified atom stereocenters. The molecule has 0 aliphatic rings. The molecule has 2 radical (unpaired) electrons. The minimum atomic E-state index is -0.316. The average molecular weight is 339 g/mol. The molecule has 3 aromatic rings. The fourth-order valence-corrected chi connectivity index (χ4v) is 2.50. The molecule has 2 heterocycles. The Morgan fingerprint density at radius 1 is 1.28 bits per heavy atom. The number of H-pyrrole nitrogens is 1. The lowest BCUT2D eigenvalue weighted by Gasteiger charge is -2.07. The summed E-state index contributed by atoms with van der Waals surface area (Å²) in [5.41, 5.74) is 8.31. The van der Waals surface area contributed by atoms with E-state index in [0.717, 1.165) is 11.1 Å². The Balaban J connectivity index is 1.98. The number of imidazole rings is 1. The zero-order valence-electron chi connectivity index (χ0n) is 13.9. The first-order valence-electron chi connectivity index (χ1n) is 7.78. The molecule has 8 nitrogen and oxygen atoms in total. The summed E-state index contributed by atoms with van der Waals surface area (Å²) in [5, 5.41) is 0. The molecule has 0 aliphatic carbocycles. The molecule has 1 aromatic carbocycles. The monoisotopic (exact) mass is 339 g/mol. The molecule has 128 valence electrons. The van der Waals surface area contributed by atoms with Crippen molar-refractivity contribution in [2.24, 2.45) is 0 Å². The van der Waals surface area contributed by atoms with Crippen molar-refractivity contribution >= 4 is 24.8 Å². The highest BCUT2D eigenvalue weighted by Crippen LogP contribution is 2.18. The van der Waals surface area contributed by atoms with Gasteiger partial charge in [-0.15, -0.1) is 0 Å². The maximum Gasteiger partial charge on any atom is 0.328 e. The molecule has 0 aliphatic heterocycles. The molecule has 0 saturated carbocycles. The number of benzene rings is 1. The summed E-state index contributed by atoms with van der Waals surface area (Å²) in [7, 11) is 7.24. The van der Waals surface area contributed by atoms with Gasteiger partial charge in [0, 0.05) is 7.11 Å². The Kier molecular flexibility index (Phi) is 5.04. The number of anilines is 1. The standard InChI is InChI=1S/C16H18BN5O3/c1-24-5-6-25-15-20-13(18)12-14(21-15)22(16(23)19-12)9-11-4-2-3-10(7-11)8-17/h2-4,7H,5-6,8-9H2,1H3,(H,19,23)(H2,18,20,21). The minimum Gasteiger partial charge on any atom is -0.461 e. The van der Waals surface area contributed by atoms with Crippen LogP contribution in [-0.4, -0.2) is 47.7 Å². The van der Waals surface area contributed by atoms with Crippen molar-refractivity contribution in [2.75, 3.05) is 26.1 Å². The van der Waals surface area contributed by atoms with E-state index < -0.39 is 0 Å². The SMILES string of the molecule is [B]Cc1cccc(Cn2c(=O)[nH]c3c(N)nc(OCCOC)nc32)c1. The highest BCUT2D eigenvalue weighted by atomic mass is 16.5. The van der Waals surface area contributed by atoms with Gasteiger partial charge >= 0.3 is 11.7 Å². The van der Waals surface area contributed by atoms with E-state index in [1.807, 2.05) is 24.3 Å². The van der Waals surface area contributed by atoms with E-state index in [1.165, 1.54) is 4.57 Å². The molecule has 0 fully saturated rings. The number of nitrogens with one attached hydrogen (secondary N) is 1. The van der Waals surface area contributed by atoms with Crippen LogP contribution >= 0.6 is 0 Å². The fraction of sp³-hybridized carbons (Fsp3) is 0.312. The molecule has 0 bridgehead atoms. The van der Waals surface area contributed by atoms with E-state index in [-0.39, 0.29) is 24.1 Å². The number of hydrogen-bond donors (Lipinski definition) is 2. The second-order valence-corrected chi connectivity index (χ2v) is 5.47. The number of aromatic nitrogens is 4. The Hall–Kier alpha value is -2.81. The van der Waals surface area contributed by atoms with Crippen LogP contribution in [0.25, 0.3) is 11.2 Å². The summed E-state index contributed by atoms with van der Waals surface area (Å²) in [4.78, 5) is 23.4. The van der Waals surface area contributed by atoms with Gasteiger partial charge in [0.05, 0.1) is 21.0 Å². The summed E-state index contributed by atoms with van der Waals surface area (Å²) < 4.78 is 11.8. The third-order valence-electron chi connectivity index (χ3n) is 3.72. The molecule has 0 spiro atoms. The quantitative estimate of drug-likeness (QED) is 0.478. The largest absolute Gasteiger partial charge is 0.461 e. The number of aromatic amines is 1. The molecule has 9 heteroatoms. The van der Waals surface area contributed by atoms with E-state index in [4.69, 9.17) is 23.1 Å². The van der Waals surface area contributed by atoms with Crippen LogP contribution in [-0.2, 0) is 17.6 Å². The van der Waals surface area contributed by atoms with E-state index in [2.05, 4.69) is 15.0 Å². The number of rotatable bonds is 7. The molecular formula is C16H18BN5O3. The van der Waals surface area contributed by atoms with Crippen LogP contribution in [0, 0.1) is 0 Å². The minimum absolute atomic E-state index is 0.102. The summed E-state index contributed by atoms with van der Waals surface area (Å²) in [5.74, 6) is 0.156. The Morgan fingerprint density at radius 3 is 2.84 bits per heavy atom. The van der Waals surface area contributed by atoms with Crippen molar-refractivity contribution in [3.05, 3.63) is 45.9 Å². The van der Waals surface area contributed by atoms with Crippen LogP contribution < -0.4 is 16.2 Å². The van der Waals surface area contributed by atoms with Crippen molar-refractivity contribution < 1.29 is 9.47 Å². The van der Waals surface area contributed by atoms with Crippen molar-refractivity contribution in [2.45, 2.75) is 12.9 Å². The zero-order valence-corrected chi connectivity index (χ0v) is 13.9. The number of nitrogens with zero attached hydrogens (tertiary/aromatic N) is 3. The van der Waals surface area contributed by atoms with Crippen molar-refractivity contribution in [1.82, 2.24) is 19.5 Å². The lowest BCUT2D eigenvalue weighted by atomic mass is 9.96. The molecular weight excluding hydrogens is 321 g/mol. The van der Waals surface area contributed by atoms with Crippen molar-refractivity contribution in [3.63, 3.8) is 0 Å². The third kappa shape index (κ3) is 3.66. The normalized spacial score (nSPS) is 11.1. The van der Waals surface area contributed by atoms with Gasteiger partial charge in [-0.1, -0.05) is 36.1 Å². The van der Waals surface area contributed by atoms with Crippen LogP contribution in [0.5, 0.6) is 6.01 Å². The zero-order chi connectivity index (χ0) is 17.8. The summed E-state index contributed by atoms with van der Waals surface area (Å²) in [6.07, 6.45) is 0.434. The molecule has 25 heavy (non-hydrogen) atoms. The van der Waals surface area contributed by atoms with E-state index in [9.17, 15) is 4.79 Å². The van der Waals surface area contributed by atoms with Gasteiger partial charge in [-0.05, 0) is 5.56 Å². The van der Waals surface area contributed by atoms with Gasteiger partial charge in [-0.25, -0.2) is 4.79 Å². The first-order chi connectivity index (χ1) is 12.1. The number of nitrogens with two attached hydrogens (primary N) is 1. The van der Waals surface area contributed by atoms with Crippen molar-refractivity contribution in [1.29, 1.82) is 0 Å². The number of fused-ring (bicyclic) bond motifs is 1. The van der Waals surface area contributed by atoms with Crippen molar-refractivity contribution in [3.8, 4) is 6.01 Å². The highest BCUT2D eigenvalue weighted by Gasteiger charge is 2.15. The van der Waals surface area contributed by atoms with Crippen LogP contribution in [0.15, 0.2) is 29.1 Å². The number of ether oxygens (including phenoxy) is 2. The average Bonchev–Trinajstić information content (AvgIpc) is 2.92. The van der Waals surface area contributed by atoms with Crippen LogP contribution in [0.3, 0.4) is 0 Å². The lowest BCUT2D eigenvalue weighted by Crippen LogP contribution is -2.18. The Bertz CT molecular complexity index is 937. The molecule has 0 atom stereocenters. The van der Waals surface area contributed by atoms with E-state index >= 15 is 0 Å². The van der Waals surface area contributed by atoms with Gasteiger partial charge in [0.2, 0.25) is 0 Å².